The lowest BCUT2D eigenvalue weighted by atomic mass is 10.0. The number of nitrogens with two attached hydrogens (primary N) is 1. The molecule has 0 saturated heterocycles. The molecule has 1 heterocycles. The molecule has 1 saturated carbocycles. The normalized spacial score (nSPS) is 18.8. The van der Waals surface area contributed by atoms with Gasteiger partial charge in [0, 0.05) is 17.3 Å². The maximum atomic E-state index is 12.6. The fraction of sp³-hybridized carbons (Fsp3) is 0.368. The zero-order valence-corrected chi connectivity index (χ0v) is 15.5. The molecule has 4 N–H and O–H groups in total. The first kappa shape index (κ1) is 20.0. The van der Waals surface area contributed by atoms with E-state index in [1.54, 1.807) is 24.3 Å². The lowest BCUT2D eigenvalue weighted by Crippen LogP contribution is -2.39. The van der Waals surface area contributed by atoms with E-state index in [1.165, 1.54) is 6.26 Å². The lowest BCUT2D eigenvalue weighted by Gasteiger charge is -2.20. The van der Waals surface area contributed by atoms with Gasteiger partial charge in [0.25, 0.3) is 11.8 Å². The van der Waals surface area contributed by atoms with Gasteiger partial charge < -0.3 is 20.8 Å². The number of halogens is 1. The monoisotopic (exact) mass is 377 g/mol. The van der Waals surface area contributed by atoms with E-state index in [0.29, 0.717) is 23.7 Å². The summed E-state index contributed by atoms with van der Waals surface area (Å²) < 4.78 is 5.09. The predicted molar refractivity (Wildman–Crippen MR) is 103 cm³/mol. The van der Waals surface area contributed by atoms with Crippen LogP contribution in [0.3, 0.4) is 0 Å². The van der Waals surface area contributed by atoms with Gasteiger partial charge in [-0.1, -0.05) is 12.5 Å². The van der Waals surface area contributed by atoms with Crippen LogP contribution < -0.4 is 16.4 Å². The Balaban J connectivity index is 0.00000243. The van der Waals surface area contributed by atoms with Crippen LogP contribution in [0, 0.1) is 12.8 Å². The Hall–Kier alpha value is -2.31. The van der Waals surface area contributed by atoms with Crippen LogP contribution in [-0.2, 0) is 0 Å². The molecule has 2 atom stereocenters. The molecule has 26 heavy (non-hydrogen) atoms. The van der Waals surface area contributed by atoms with E-state index in [0.717, 1.165) is 24.8 Å². The van der Waals surface area contributed by atoms with E-state index in [9.17, 15) is 9.59 Å². The maximum Gasteiger partial charge on any atom is 0.291 e. The maximum absolute atomic E-state index is 12.6. The van der Waals surface area contributed by atoms with Crippen LogP contribution in [0.1, 0.15) is 45.7 Å². The minimum atomic E-state index is -0.343. The quantitative estimate of drug-likeness (QED) is 0.745. The standard InChI is InChI=1S/C19H23N3O3.ClH/c1-12-7-8-13(18(23)21-15-5-2-4-14(15)11-20)10-16(12)22-19(24)17-6-3-9-25-17;/h3,6-10,14-15H,2,4-5,11,20H2,1H3,(H,21,23)(H,22,24);1H. The molecule has 2 aromatic rings. The van der Waals surface area contributed by atoms with Crippen LogP contribution in [-0.4, -0.2) is 24.4 Å². The lowest BCUT2D eigenvalue weighted by molar-refractivity contribution is 0.0927. The summed E-state index contributed by atoms with van der Waals surface area (Å²) in [4.78, 5) is 24.7. The van der Waals surface area contributed by atoms with Crippen molar-refractivity contribution in [3.05, 3.63) is 53.5 Å². The van der Waals surface area contributed by atoms with Crippen LogP contribution in [0.25, 0.3) is 0 Å². The summed E-state index contributed by atoms with van der Waals surface area (Å²) >= 11 is 0. The average Bonchev–Trinajstić information content (AvgIpc) is 3.28. The molecule has 1 aliphatic rings. The van der Waals surface area contributed by atoms with Crippen molar-refractivity contribution in [2.45, 2.75) is 32.2 Å². The second-order valence-electron chi connectivity index (χ2n) is 6.47. The topological polar surface area (TPSA) is 97.4 Å². The Bertz CT molecular complexity index is 761. The van der Waals surface area contributed by atoms with Gasteiger partial charge in [-0.2, -0.15) is 0 Å². The van der Waals surface area contributed by atoms with Crippen LogP contribution >= 0.6 is 12.4 Å². The summed E-state index contributed by atoms with van der Waals surface area (Å²) in [5.41, 5.74) is 7.76. The summed E-state index contributed by atoms with van der Waals surface area (Å²) in [5, 5.41) is 5.86. The number of hydrogen-bond acceptors (Lipinski definition) is 4. The highest BCUT2D eigenvalue weighted by Crippen LogP contribution is 2.25. The number of furan rings is 1. The van der Waals surface area contributed by atoms with E-state index in [2.05, 4.69) is 10.6 Å². The second kappa shape index (κ2) is 8.87. The van der Waals surface area contributed by atoms with E-state index < -0.39 is 0 Å². The van der Waals surface area contributed by atoms with Crippen molar-refractivity contribution in [3.8, 4) is 0 Å². The van der Waals surface area contributed by atoms with E-state index in [-0.39, 0.29) is 36.0 Å². The highest BCUT2D eigenvalue weighted by molar-refractivity contribution is 6.04. The summed E-state index contributed by atoms with van der Waals surface area (Å²) in [6.07, 6.45) is 4.55. The highest BCUT2D eigenvalue weighted by atomic mass is 35.5. The number of benzene rings is 1. The fourth-order valence-corrected chi connectivity index (χ4v) is 3.25. The number of nitrogens with one attached hydrogen (secondary N) is 2. The fourth-order valence-electron chi connectivity index (χ4n) is 3.25. The molecular weight excluding hydrogens is 354 g/mol. The summed E-state index contributed by atoms with van der Waals surface area (Å²) in [6, 6.07) is 8.65. The highest BCUT2D eigenvalue weighted by Gasteiger charge is 2.27. The zero-order chi connectivity index (χ0) is 17.8. The molecule has 7 heteroatoms. The number of carbonyl (C=O) groups excluding carboxylic acids is 2. The van der Waals surface area contributed by atoms with Gasteiger partial charge in [-0.25, -0.2) is 0 Å². The largest absolute Gasteiger partial charge is 0.459 e. The molecule has 0 aliphatic heterocycles. The molecule has 140 valence electrons. The van der Waals surface area contributed by atoms with Crippen molar-refractivity contribution < 1.29 is 14.0 Å². The van der Waals surface area contributed by atoms with Crippen LogP contribution in [0.4, 0.5) is 5.69 Å². The molecular formula is C19H24ClN3O3. The van der Waals surface area contributed by atoms with Crippen molar-refractivity contribution in [2.24, 2.45) is 11.7 Å². The molecule has 1 aromatic heterocycles. The van der Waals surface area contributed by atoms with Gasteiger partial charge in [-0.05, 0) is 62.1 Å². The molecule has 1 fully saturated rings. The van der Waals surface area contributed by atoms with E-state index in [4.69, 9.17) is 10.2 Å². The van der Waals surface area contributed by atoms with Crippen LogP contribution in [0.15, 0.2) is 41.0 Å². The SMILES string of the molecule is Cc1ccc(C(=O)NC2CCCC2CN)cc1NC(=O)c1ccco1.Cl. The van der Waals surface area contributed by atoms with Gasteiger partial charge in [0.2, 0.25) is 0 Å². The Morgan fingerprint density at radius 2 is 2.04 bits per heavy atom. The van der Waals surface area contributed by atoms with Gasteiger partial charge in [-0.3, -0.25) is 9.59 Å². The Morgan fingerprint density at radius 3 is 2.73 bits per heavy atom. The second-order valence-corrected chi connectivity index (χ2v) is 6.47. The van der Waals surface area contributed by atoms with Gasteiger partial charge in [0.15, 0.2) is 5.76 Å². The molecule has 2 amide bonds. The predicted octanol–water partition coefficient (Wildman–Crippen LogP) is 3.12. The minimum Gasteiger partial charge on any atom is -0.459 e. The van der Waals surface area contributed by atoms with Crippen LogP contribution in [0.5, 0.6) is 0 Å². The van der Waals surface area contributed by atoms with E-state index >= 15 is 0 Å². The number of hydrogen-bond donors (Lipinski definition) is 3. The molecule has 2 unspecified atom stereocenters. The van der Waals surface area contributed by atoms with Gasteiger partial charge in [0.1, 0.15) is 0 Å². The molecule has 1 aliphatic carbocycles. The van der Waals surface area contributed by atoms with Gasteiger partial charge >= 0.3 is 0 Å². The molecule has 6 nitrogen and oxygen atoms in total. The van der Waals surface area contributed by atoms with Gasteiger partial charge in [0.05, 0.1) is 6.26 Å². The first-order valence-electron chi connectivity index (χ1n) is 8.55. The Morgan fingerprint density at radius 1 is 1.23 bits per heavy atom. The average molecular weight is 378 g/mol. The zero-order valence-electron chi connectivity index (χ0n) is 14.7. The van der Waals surface area contributed by atoms with E-state index in [1.807, 2.05) is 13.0 Å². The molecule has 1 aromatic carbocycles. The number of amides is 2. The summed E-state index contributed by atoms with van der Waals surface area (Å²) in [7, 11) is 0. The number of aryl methyl sites for hydroxylation is 1. The summed E-state index contributed by atoms with van der Waals surface area (Å²) in [6.45, 7) is 2.46. The minimum absolute atomic E-state index is 0. The third-order valence-corrected chi connectivity index (χ3v) is 4.77. The summed E-state index contributed by atoms with van der Waals surface area (Å²) in [5.74, 6) is 0.0852. The number of anilines is 1. The molecule has 0 radical (unpaired) electrons. The molecule has 0 bridgehead atoms. The third kappa shape index (κ3) is 4.45. The number of rotatable bonds is 5. The van der Waals surface area contributed by atoms with Crippen molar-refractivity contribution in [2.75, 3.05) is 11.9 Å². The van der Waals surface area contributed by atoms with Gasteiger partial charge in [-0.15, -0.1) is 12.4 Å². The first-order chi connectivity index (χ1) is 12.1. The van der Waals surface area contributed by atoms with Crippen molar-refractivity contribution in [3.63, 3.8) is 0 Å². The Labute approximate surface area is 158 Å². The number of carbonyl (C=O) groups is 2. The first-order valence-corrected chi connectivity index (χ1v) is 8.55. The molecule has 3 rings (SSSR count). The molecule has 0 spiro atoms. The van der Waals surface area contributed by atoms with Crippen molar-refractivity contribution in [1.29, 1.82) is 0 Å². The van der Waals surface area contributed by atoms with Crippen molar-refractivity contribution >= 4 is 29.9 Å². The smallest absolute Gasteiger partial charge is 0.291 e. The van der Waals surface area contributed by atoms with Crippen molar-refractivity contribution in [1.82, 2.24) is 5.32 Å². The van der Waals surface area contributed by atoms with Crippen LogP contribution in [0.2, 0.25) is 0 Å². The Kier molecular flexibility index (Phi) is 6.83. The third-order valence-electron chi connectivity index (χ3n) is 4.77.